The molecule has 1 aromatic heterocycles. The van der Waals surface area contributed by atoms with Crippen LogP contribution in [-0.2, 0) is 17.8 Å². The van der Waals surface area contributed by atoms with Gasteiger partial charge in [0, 0.05) is 17.5 Å². The first-order valence-corrected chi connectivity index (χ1v) is 12.2. The van der Waals surface area contributed by atoms with E-state index >= 15 is 0 Å². The SMILES string of the molecule is COc1ccc(/C=C2/CCCc3c2nc2ccccc2c3C(=O)OCc2ccc([N+](=O)[O-])cc2)cc1OC. The molecule has 4 aromatic rings. The summed E-state index contributed by atoms with van der Waals surface area (Å²) in [5.74, 6) is 0.853. The largest absolute Gasteiger partial charge is 0.493 e. The molecule has 5 rings (SSSR count). The summed E-state index contributed by atoms with van der Waals surface area (Å²) in [5.41, 5.74) is 5.55. The standard InChI is InChI=1S/C30H26N2O6/c1-36-26-15-12-20(17-27(26)37-2)16-21-6-5-8-24-28(23-7-3-4-9-25(23)31-29(21)24)30(33)38-18-19-10-13-22(14-11-19)32(34)35/h3-4,7,9-17H,5-6,8,18H2,1-2H3/b21-16-. The maximum absolute atomic E-state index is 13.5. The molecule has 38 heavy (non-hydrogen) atoms. The summed E-state index contributed by atoms with van der Waals surface area (Å²) in [6.45, 7) is 0.0105. The summed E-state index contributed by atoms with van der Waals surface area (Å²) in [6, 6.07) is 19.3. The molecule has 0 N–H and O–H groups in total. The van der Waals surface area contributed by atoms with Crippen LogP contribution in [0.15, 0.2) is 66.7 Å². The topological polar surface area (TPSA) is 101 Å². The number of nitrogens with zero attached hydrogens (tertiary/aromatic N) is 2. The minimum Gasteiger partial charge on any atom is -0.493 e. The number of hydrogen-bond donors (Lipinski definition) is 0. The molecule has 0 bridgehead atoms. The van der Waals surface area contributed by atoms with E-state index in [9.17, 15) is 14.9 Å². The molecule has 0 aliphatic heterocycles. The van der Waals surface area contributed by atoms with Crippen molar-refractivity contribution in [2.45, 2.75) is 25.9 Å². The van der Waals surface area contributed by atoms with Crippen molar-refractivity contribution < 1.29 is 23.9 Å². The number of allylic oxidation sites excluding steroid dienone is 1. The van der Waals surface area contributed by atoms with Gasteiger partial charge in [-0.1, -0.05) is 24.3 Å². The van der Waals surface area contributed by atoms with E-state index < -0.39 is 10.9 Å². The van der Waals surface area contributed by atoms with E-state index in [1.807, 2.05) is 42.5 Å². The molecule has 0 amide bonds. The molecule has 0 saturated carbocycles. The smallest absolute Gasteiger partial charge is 0.339 e. The number of methoxy groups -OCH3 is 2. The summed E-state index contributed by atoms with van der Waals surface area (Å²) in [5, 5.41) is 11.7. The van der Waals surface area contributed by atoms with Gasteiger partial charge in [-0.3, -0.25) is 10.1 Å². The fourth-order valence-corrected chi connectivity index (χ4v) is 4.79. The Bertz CT molecular complexity index is 1560. The molecule has 192 valence electrons. The van der Waals surface area contributed by atoms with Crippen molar-refractivity contribution in [2.24, 2.45) is 0 Å². The molecule has 0 saturated heterocycles. The lowest BCUT2D eigenvalue weighted by atomic mass is 9.86. The molecule has 0 unspecified atom stereocenters. The van der Waals surface area contributed by atoms with Crippen molar-refractivity contribution in [3.05, 3.63) is 105 Å². The number of carbonyl (C=O) groups is 1. The molecule has 3 aromatic carbocycles. The fourth-order valence-electron chi connectivity index (χ4n) is 4.79. The van der Waals surface area contributed by atoms with Crippen LogP contribution in [-0.4, -0.2) is 30.1 Å². The molecule has 0 spiro atoms. The van der Waals surface area contributed by atoms with Crippen molar-refractivity contribution in [2.75, 3.05) is 14.2 Å². The number of aromatic nitrogens is 1. The number of hydrogen-bond acceptors (Lipinski definition) is 7. The Labute approximate surface area is 219 Å². The Morgan fingerprint density at radius 2 is 1.76 bits per heavy atom. The third kappa shape index (κ3) is 4.93. The van der Waals surface area contributed by atoms with Crippen LogP contribution in [0.4, 0.5) is 5.69 Å². The van der Waals surface area contributed by atoms with Crippen LogP contribution in [0.1, 0.15) is 45.6 Å². The Morgan fingerprint density at radius 3 is 2.50 bits per heavy atom. The minimum atomic E-state index is -0.460. The predicted octanol–water partition coefficient (Wildman–Crippen LogP) is 6.39. The fraction of sp³-hybridized carbons (Fsp3) is 0.200. The number of pyridine rings is 1. The highest BCUT2D eigenvalue weighted by atomic mass is 16.6. The summed E-state index contributed by atoms with van der Waals surface area (Å²) in [6.07, 6.45) is 4.48. The molecular weight excluding hydrogens is 484 g/mol. The molecule has 0 fully saturated rings. The number of rotatable bonds is 7. The van der Waals surface area contributed by atoms with Crippen molar-refractivity contribution in [1.29, 1.82) is 0 Å². The number of nitro groups is 1. The van der Waals surface area contributed by atoms with E-state index in [0.29, 0.717) is 34.6 Å². The number of benzene rings is 3. The highest BCUT2D eigenvalue weighted by molar-refractivity contribution is 6.06. The van der Waals surface area contributed by atoms with Crippen LogP contribution in [0.5, 0.6) is 11.5 Å². The molecule has 1 heterocycles. The predicted molar refractivity (Wildman–Crippen MR) is 144 cm³/mol. The average Bonchev–Trinajstić information content (AvgIpc) is 2.95. The number of esters is 1. The number of para-hydroxylation sites is 1. The van der Waals surface area contributed by atoms with Gasteiger partial charge in [0.25, 0.3) is 5.69 Å². The Kier molecular flexibility index (Phi) is 7.04. The zero-order chi connectivity index (χ0) is 26.6. The monoisotopic (exact) mass is 510 g/mol. The van der Waals surface area contributed by atoms with Crippen LogP contribution in [0.3, 0.4) is 0 Å². The third-order valence-corrected chi connectivity index (χ3v) is 6.64. The third-order valence-electron chi connectivity index (χ3n) is 6.64. The number of ether oxygens (including phenoxy) is 3. The maximum Gasteiger partial charge on any atom is 0.339 e. The lowest BCUT2D eigenvalue weighted by Crippen LogP contribution is -2.15. The van der Waals surface area contributed by atoms with Gasteiger partial charge in [-0.2, -0.15) is 0 Å². The van der Waals surface area contributed by atoms with Gasteiger partial charge in [-0.05, 0) is 77.9 Å². The van der Waals surface area contributed by atoms with E-state index in [2.05, 4.69) is 6.08 Å². The highest BCUT2D eigenvalue weighted by Crippen LogP contribution is 2.37. The zero-order valence-corrected chi connectivity index (χ0v) is 21.1. The molecule has 8 heteroatoms. The van der Waals surface area contributed by atoms with E-state index in [1.165, 1.54) is 12.1 Å². The Balaban J connectivity index is 1.52. The minimum absolute atomic E-state index is 0.0105. The molecule has 0 radical (unpaired) electrons. The van der Waals surface area contributed by atoms with Crippen LogP contribution in [0.25, 0.3) is 22.6 Å². The molecule has 0 atom stereocenters. The van der Waals surface area contributed by atoms with E-state index in [0.717, 1.165) is 40.6 Å². The lowest BCUT2D eigenvalue weighted by molar-refractivity contribution is -0.384. The van der Waals surface area contributed by atoms with E-state index in [4.69, 9.17) is 19.2 Å². The van der Waals surface area contributed by atoms with Crippen LogP contribution < -0.4 is 9.47 Å². The van der Waals surface area contributed by atoms with Gasteiger partial charge in [-0.15, -0.1) is 0 Å². The number of non-ortho nitro benzene ring substituents is 1. The second-order valence-electron chi connectivity index (χ2n) is 8.97. The van der Waals surface area contributed by atoms with Crippen molar-refractivity contribution in [3.63, 3.8) is 0 Å². The Morgan fingerprint density at radius 1 is 1.00 bits per heavy atom. The van der Waals surface area contributed by atoms with Crippen molar-refractivity contribution >= 4 is 34.2 Å². The molecular formula is C30H26N2O6. The van der Waals surface area contributed by atoms with Gasteiger partial charge in [-0.25, -0.2) is 9.78 Å². The number of carbonyl (C=O) groups excluding carboxylic acids is 1. The van der Waals surface area contributed by atoms with E-state index in [-0.39, 0.29) is 12.3 Å². The van der Waals surface area contributed by atoms with Gasteiger partial charge in [0.15, 0.2) is 11.5 Å². The second-order valence-corrected chi connectivity index (χ2v) is 8.97. The lowest BCUT2D eigenvalue weighted by Gasteiger charge is -2.22. The maximum atomic E-state index is 13.5. The van der Waals surface area contributed by atoms with Crippen molar-refractivity contribution in [1.82, 2.24) is 4.98 Å². The summed E-state index contributed by atoms with van der Waals surface area (Å²) < 4.78 is 16.5. The van der Waals surface area contributed by atoms with Crippen LogP contribution in [0.2, 0.25) is 0 Å². The van der Waals surface area contributed by atoms with E-state index in [1.54, 1.807) is 26.4 Å². The Hall–Kier alpha value is -4.72. The zero-order valence-electron chi connectivity index (χ0n) is 21.1. The molecule has 1 aliphatic carbocycles. The van der Waals surface area contributed by atoms with Gasteiger partial charge >= 0.3 is 5.97 Å². The van der Waals surface area contributed by atoms with Crippen LogP contribution >= 0.6 is 0 Å². The summed E-state index contributed by atoms with van der Waals surface area (Å²) in [7, 11) is 3.21. The first-order chi connectivity index (χ1) is 18.5. The van der Waals surface area contributed by atoms with Gasteiger partial charge in [0.2, 0.25) is 0 Å². The van der Waals surface area contributed by atoms with Gasteiger partial charge < -0.3 is 14.2 Å². The first kappa shape index (κ1) is 25.0. The number of fused-ring (bicyclic) bond motifs is 2. The van der Waals surface area contributed by atoms with Crippen molar-refractivity contribution in [3.8, 4) is 11.5 Å². The van der Waals surface area contributed by atoms with Crippen LogP contribution in [0, 0.1) is 10.1 Å². The molecule has 8 nitrogen and oxygen atoms in total. The average molecular weight is 511 g/mol. The summed E-state index contributed by atoms with van der Waals surface area (Å²) >= 11 is 0. The van der Waals surface area contributed by atoms with Gasteiger partial charge in [0.05, 0.1) is 35.9 Å². The quantitative estimate of drug-likeness (QED) is 0.161. The molecule has 1 aliphatic rings. The first-order valence-electron chi connectivity index (χ1n) is 12.2. The number of nitro benzene ring substituents is 1. The normalized spacial score (nSPS) is 13.7. The van der Waals surface area contributed by atoms with Gasteiger partial charge in [0.1, 0.15) is 6.61 Å². The highest BCUT2D eigenvalue weighted by Gasteiger charge is 2.26. The second kappa shape index (κ2) is 10.7. The summed E-state index contributed by atoms with van der Waals surface area (Å²) in [4.78, 5) is 28.9.